The minimum atomic E-state index is -0.445. The molecule has 0 radical (unpaired) electrons. The Morgan fingerprint density at radius 3 is 2.89 bits per heavy atom. The molecule has 0 aromatic heterocycles. The zero-order valence-electron chi connectivity index (χ0n) is 10.3. The first-order valence-electron chi connectivity index (χ1n) is 6.37. The summed E-state index contributed by atoms with van der Waals surface area (Å²) in [6, 6.07) is 9.89. The molecule has 5 heteroatoms. The maximum absolute atomic E-state index is 12.0. The molecule has 3 atom stereocenters. The fourth-order valence-corrected chi connectivity index (χ4v) is 2.57. The van der Waals surface area contributed by atoms with Crippen LogP contribution in [-0.4, -0.2) is 31.2 Å². The summed E-state index contributed by atoms with van der Waals surface area (Å²) in [6.45, 7) is 2.00. The van der Waals surface area contributed by atoms with Crippen LogP contribution < -0.4 is 5.32 Å². The van der Waals surface area contributed by atoms with Crippen LogP contribution in [0.3, 0.4) is 0 Å². The van der Waals surface area contributed by atoms with E-state index in [-0.39, 0.29) is 25.1 Å². The first-order chi connectivity index (χ1) is 8.72. The minimum Gasteiger partial charge on any atom is -0.407 e. The van der Waals surface area contributed by atoms with Gasteiger partial charge in [0.25, 0.3) is 0 Å². The van der Waals surface area contributed by atoms with E-state index in [1.807, 2.05) is 37.3 Å². The molecule has 0 aliphatic carbocycles. The van der Waals surface area contributed by atoms with Crippen LogP contribution in [0.25, 0.3) is 0 Å². The highest BCUT2D eigenvalue weighted by molar-refractivity contribution is 6.49. The SMILES string of the molecule is CC1C[C@@H]2NC(=O)[C@@H](Cc3ccccc3)OB2O1. The second-order valence-electron chi connectivity index (χ2n) is 4.98. The Labute approximate surface area is 107 Å². The summed E-state index contributed by atoms with van der Waals surface area (Å²) in [7, 11) is -0.286. The summed E-state index contributed by atoms with van der Waals surface area (Å²) >= 11 is 0. The standard InChI is InChI=1S/C13H16BNO3/c1-9-7-12-14(17-9)18-11(13(16)15-12)8-10-5-3-2-4-6-10/h2-6,9,11-12H,7-8H2,1H3,(H,15,16)/t9?,11-,12+/m1/s1. The lowest BCUT2D eigenvalue weighted by atomic mass is 9.76. The molecule has 2 heterocycles. The molecule has 18 heavy (non-hydrogen) atoms. The number of carbonyl (C=O) groups is 1. The van der Waals surface area contributed by atoms with E-state index in [9.17, 15) is 4.79 Å². The minimum absolute atomic E-state index is 0.0134. The zero-order valence-corrected chi connectivity index (χ0v) is 10.3. The molecule has 1 aromatic carbocycles. The van der Waals surface area contributed by atoms with Crippen LogP contribution in [0.5, 0.6) is 0 Å². The fraction of sp³-hybridized carbons (Fsp3) is 0.462. The summed E-state index contributed by atoms with van der Waals surface area (Å²) in [4.78, 5) is 12.0. The predicted molar refractivity (Wildman–Crippen MR) is 67.9 cm³/mol. The van der Waals surface area contributed by atoms with Crippen LogP contribution in [0.4, 0.5) is 0 Å². The van der Waals surface area contributed by atoms with E-state index in [0.717, 1.165) is 12.0 Å². The number of nitrogens with one attached hydrogen (secondary N) is 1. The van der Waals surface area contributed by atoms with Crippen molar-refractivity contribution in [2.24, 2.45) is 0 Å². The van der Waals surface area contributed by atoms with Gasteiger partial charge in [0.15, 0.2) is 0 Å². The van der Waals surface area contributed by atoms with Crippen LogP contribution >= 0.6 is 0 Å². The summed E-state index contributed by atoms with van der Waals surface area (Å²) in [5.74, 6) is -0.0164. The lowest BCUT2D eigenvalue weighted by Gasteiger charge is -2.29. The Hall–Kier alpha value is -1.33. The Morgan fingerprint density at radius 1 is 1.33 bits per heavy atom. The molecule has 1 amide bonds. The highest BCUT2D eigenvalue weighted by Gasteiger charge is 2.47. The number of hydrogen-bond acceptors (Lipinski definition) is 3. The molecular formula is C13H16BNO3. The van der Waals surface area contributed by atoms with Crippen molar-refractivity contribution in [2.45, 2.75) is 37.9 Å². The van der Waals surface area contributed by atoms with Crippen molar-refractivity contribution in [2.75, 3.05) is 0 Å². The number of rotatable bonds is 2. The molecule has 2 saturated heterocycles. The van der Waals surface area contributed by atoms with Crippen LogP contribution in [0.15, 0.2) is 30.3 Å². The first kappa shape index (κ1) is 11.7. The van der Waals surface area contributed by atoms with Gasteiger partial charge in [-0.2, -0.15) is 0 Å². The monoisotopic (exact) mass is 245 g/mol. The van der Waals surface area contributed by atoms with Crippen molar-refractivity contribution in [1.29, 1.82) is 0 Å². The number of benzene rings is 1. The van der Waals surface area contributed by atoms with Crippen molar-refractivity contribution >= 4 is 13.0 Å². The van der Waals surface area contributed by atoms with Crippen molar-refractivity contribution < 1.29 is 14.1 Å². The van der Waals surface area contributed by atoms with Gasteiger partial charge in [0, 0.05) is 12.5 Å². The average Bonchev–Trinajstić information content (AvgIpc) is 2.70. The fourth-order valence-electron chi connectivity index (χ4n) is 2.57. The lowest BCUT2D eigenvalue weighted by molar-refractivity contribution is -0.130. The third-order valence-electron chi connectivity index (χ3n) is 3.46. The van der Waals surface area contributed by atoms with E-state index >= 15 is 0 Å². The summed E-state index contributed by atoms with van der Waals surface area (Å²) in [5.41, 5.74) is 1.10. The first-order valence-corrected chi connectivity index (χ1v) is 6.37. The number of hydrogen-bond donors (Lipinski definition) is 1. The molecule has 2 fully saturated rings. The highest BCUT2D eigenvalue weighted by atomic mass is 16.6. The van der Waals surface area contributed by atoms with Gasteiger partial charge < -0.3 is 14.6 Å². The quantitative estimate of drug-likeness (QED) is 0.789. The van der Waals surface area contributed by atoms with E-state index in [1.54, 1.807) is 0 Å². The molecule has 0 spiro atoms. The second-order valence-corrected chi connectivity index (χ2v) is 4.98. The molecule has 1 aromatic rings. The highest BCUT2D eigenvalue weighted by Crippen LogP contribution is 2.23. The summed E-state index contributed by atoms with van der Waals surface area (Å²) in [6.07, 6.45) is 1.12. The van der Waals surface area contributed by atoms with Crippen LogP contribution in [0.1, 0.15) is 18.9 Å². The Kier molecular flexibility index (Phi) is 3.10. The van der Waals surface area contributed by atoms with Crippen LogP contribution in [0.2, 0.25) is 0 Å². The molecule has 1 unspecified atom stereocenters. The molecule has 3 rings (SSSR count). The number of carbonyl (C=O) groups excluding carboxylic acids is 1. The van der Waals surface area contributed by atoms with Crippen molar-refractivity contribution in [3.63, 3.8) is 0 Å². The largest absolute Gasteiger partial charge is 0.481 e. The predicted octanol–water partition coefficient (Wildman–Crippen LogP) is 0.949. The average molecular weight is 245 g/mol. The molecule has 0 saturated carbocycles. The zero-order chi connectivity index (χ0) is 12.5. The number of fused-ring (bicyclic) bond motifs is 1. The number of amides is 1. The van der Waals surface area contributed by atoms with Gasteiger partial charge in [-0.25, -0.2) is 0 Å². The molecule has 2 aliphatic rings. The summed E-state index contributed by atoms with van der Waals surface area (Å²) < 4.78 is 11.4. The third kappa shape index (κ3) is 2.28. The smallest absolute Gasteiger partial charge is 0.407 e. The van der Waals surface area contributed by atoms with Crippen LogP contribution in [0, 0.1) is 0 Å². The topological polar surface area (TPSA) is 47.6 Å². The van der Waals surface area contributed by atoms with E-state index < -0.39 is 6.10 Å². The van der Waals surface area contributed by atoms with Gasteiger partial charge in [-0.3, -0.25) is 4.79 Å². The van der Waals surface area contributed by atoms with Gasteiger partial charge in [-0.15, -0.1) is 0 Å². The maximum atomic E-state index is 12.0. The van der Waals surface area contributed by atoms with Gasteiger partial charge in [-0.1, -0.05) is 30.3 Å². The molecular weight excluding hydrogens is 229 g/mol. The second kappa shape index (κ2) is 4.74. The van der Waals surface area contributed by atoms with E-state index in [1.165, 1.54) is 0 Å². The molecule has 1 N–H and O–H groups in total. The van der Waals surface area contributed by atoms with E-state index in [0.29, 0.717) is 6.42 Å². The molecule has 2 aliphatic heterocycles. The van der Waals surface area contributed by atoms with Gasteiger partial charge in [-0.05, 0) is 18.9 Å². The molecule has 0 bridgehead atoms. The van der Waals surface area contributed by atoms with E-state index in [4.69, 9.17) is 9.31 Å². The van der Waals surface area contributed by atoms with Crippen LogP contribution in [-0.2, 0) is 20.5 Å². The Balaban J connectivity index is 1.68. The van der Waals surface area contributed by atoms with Crippen molar-refractivity contribution in [3.05, 3.63) is 35.9 Å². The van der Waals surface area contributed by atoms with Gasteiger partial charge in [0.05, 0.1) is 5.94 Å². The Morgan fingerprint density at radius 2 is 2.11 bits per heavy atom. The van der Waals surface area contributed by atoms with Crippen molar-refractivity contribution in [1.82, 2.24) is 5.32 Å². The van der Waals surface area contributed by atoms with Crippen molar-refractivity contribution in [3.8, 4) is 0 Å². The van der Waals surface area contributed by atoms with Gasteiger partial charge in [0.2, 0.25) is 5.91 Å². The summed E-state index contributed by atoms with van der Waals surface area (Å²) in [5, 5.41) is 2.99. The molecule has 94 valence electrons. The van der Waals surface area contributed by atoms with E-state index in [2.05, 4.69) is 5.32 Å². The third-order valence-corrected chi connectivity index (χ3v) is 3.46. The van der Waals surface area contributed by atoms with Gasteiger partial charge >= 0.3 is 7.12 Å². The Bertz CT molecular complexity index is 439. The lowest BCUT2D eigenvalue weighted by Crippen LogP contribution is -2.57. The van der Waals surface area contributed by atoms with Gasteiger partial charge in [0.1, 0.15) is 6.10 Å². The maximum Gasteiger partial charge on any atom is 0.481 e. The molecule has 4 nitrogen and oxygen atoms in total. The normalized spacial score (nSPS) is 31.1.